The molecule has 0 aromatic carbocycles. The predicted molar refractivity (Wildman–Crippen MR) is 107 cm³/mol. The molecule has 0 bridgehead atoms. The zero-order valence-electron chi connectivity index (χ0n) is 15.5. The number of hydrogen-bond donors (Lipinski definition) is 2. The number of rotatable bonds is 4. The van der Waals surface area contributed by atoms with Gasteiger partial charge in [-0.1, -0.05) is 0 Å². The maximum atomic E-state index is 12.2. The molecule has 1 fully saturated rings. The molecule has 0 aliphatic carbocycles. The number of anilines is 3. The average Bonchev–Trinajstić information content (AvgIpc) is 2.69. The van der Waals surface area contributed by atoms with Gasteiger partial charge in [-0.05, 0) is 32.0 Å². The first-order valence-electron chi connectivity index (χ1n) is 9.19. The van der Waals surface area contributed by atoms with E-state index in [4.69, 9.17) is 0 Å². The second-order valence-electron chi connectivity index (χ2n) is 6.87. The highest BCUT2D eigenvalue weighted by Crippen LogP contribution is 2.19. The minimum Gasteiger partial charge on any atom is -0.368 e. The van der Waals surface area contributed by atoms with Gasteiger partial charge in [-0.15, -0.1) is 0 Å². The van der Waals surface area contributed by atoms with Gasteiger partial charge in [0, 0.05) is 49.9 Å². The summed E-state index contributed by atoms with van der Waals surface area (Å²) in [5.41, 5.74) is 1.66. The number of pyridine rings is 2. The monoisotopic (exact) mass is 365 g/mol. The van der Waals surface area contributed by atoms with Gasteiger partial charge in [-0.25, -0.2) is 9.97 Å². The molecular weight excluding hydrogens is 342 g/mol. The zero-order valence-corrected chi connectivity index (χ0v) is 15.5. The van der Waals surface area contributed by atoms with Gasteiger partial charge < -0.3 is 15.5 Å². The van der Waals surface area contributed by atoms with E-state index in [0.717, 1.165) is 37.3 Å². The van der Waals surface area contributed by atoms with E-state index in [1.54, 1.807) is 22.9 Å². The molecule has 1 aliphatic heterocycles. The van der Waals surface area contributed by atoms with E-state index in [9.17, 15) is 4.79 Å². The van der Waals surface area contributed by atoms with Crippen LogP contribution in [0.1, 0.15) is 19.9 Å². The molecule has 1 aliphatic rings. The molecule has 4 rings (SSSR count). The van der Waals surface area contributed by atoms with E-state index in [1.807, 2.05) is 32.2 Å². The van der Waals surface area contributed by atoms with Gasteiger partial charge in [0.25, 0.3) is 5.56 Å². The minimum atomic E-state index is -0.0688. The summed E-state index contributed by atoms with van der Waals surface area (Å²) < 4.78 is 1.67. The van der Waals surface area contributed by atoms with Crippen LogP contribution in [0.4, 0.5) is 17.5 Å². The van der Waals surface area contributed by atoms with Crippen LogP contribution in [-0.2, 0) is 0 Å². The minimum absolute atomic E-state index is 0.0143. The smallest absolute Gasteiger partial charge is 0.252 e. The topological polar surface area (TPSA) is 88.0 Å². The zero-order chi connectivity index (χ0) is 18.8. The Labute approximate surface area is 157 Å². The van der Waals surface area contributed by atoms with Gasteiger partial charge in [-0.2, -0.15) is 4.98 Å². The van der Waals surface area contributed by atoms with Crippen LogP contribution in [0.2, 0.25) is 0 Å². The SMILES string of the molecule is CC(C)n1c(=O)ccc2cnc(Nc3ccc(N4CCNCC4)cn3)nc21. The van der Waals surface area contributed by atoms with Crippen LogP contribution in [-0.4, -0.2) is 45.7 Å². The lowest BCUT2D eigenvalue weighted by atomic mass is 10.3. The summed E-state index contributed by atoms with van der Waals surface area (Å²) in [4.78, 5) is 27.9. The van der Waals surface area contributed by atoms with Gasteiger partial charge in [0.15, 0.2) is 0 Å². The van der Waals surface area contributed by atoms with Crippen molar-refractivity contribution in [2.75, 3.05) is 36.4 Å². The van der Waals surface area contributed by atoms with E-state index < -0.39 is 0 Å². The lowest BCUT2D eigenvalue weighted by molar-refractivity contribution is 0.589. The molecule has 0 unspecified atom stereocenters. The summed E-state index contributed by atoms with van der Waals surface area (Å²) in [6, 6.07) is 7.29. The molecular formula is C19H23N7O. The van der Waals surface area contributed by atoms with Crippen LogP contribution >= 0.6 is 0 Å². The van der Waals surface area contributed by atoms with Crippen LogP contribution < -0.4 is 21.1 Å². The van der Waals surface area contributed by atoms with E-state index in [-0.39, 0.29) is 11.6 Å². The Morgan fingerprint density at radius 3 is 2.59 bits per heavy atom. The van der Waals surface area contributed by atoms with Crippen molar-refractivity contribution in [1.82, 2.24) is 24.8 Å². The maximum absolute atomic E-state index is 12.2. The average molecular weight is 365 g/mol. The first-order valence-corrected chi connectivity index (χ1v) is 9.19. The van der Waals surface area contributed by atoms with E-state index >= 15 is 0 Å². The number of nitrogens with zero attached hydrogens (tertiary/aromatic N) is 5. The van der Waals surface area contributed by atoms with Crippen molar-refractivity contribution in [2.45, 2.75) is 19.9 Å². The third kappa shape index (κ3) is 3.61. The Balaban J connectivity index is 1.59. The van der Waals surface area contributed by atoms with Crippen LogP contribution in [0, 0.1) is 0 Å². The predicted octanol–water partition coefficient (Wildman–Crippen LogP) is 1.92. The summed E-state index contributed by atoms with van der Waals surface area (Å²) in [6.07, 6.45) is 3.58. The van der Waals surface area contributed by atoms with Crippen molar-refractivity contribution in [3.63, 3.8) is 0 Å². The second-order valence-corrected chi connectivity index (χ2v) is 6.87. The summed E-state index contributed by atoms with van der Waals surface area (Å²) in [6.45, 7) is 7.87. The van der Waals surface area contributed by atoms with E-state index in [0.29, 0.717) is 17.4 Å². The second kappa shape index (κ2) is 7.32. The number of piperazine rings is 1. The summed E-state index contributed by atoms with van der Waals surface area (Å²) in [5.74, 6) is 1.09. The van der Waals surface area contributed by atoms with Gasteiger partial charge in [-0.3, -0.25) is 9.36 Å². The number of hydrogen-bond acceptors (Lipinski definition) is 7. The molecule has 0 atom stereocenters. The highest BCUT2D eigenvalue weighted by molar-refractivity contribution is 5.75. The standard InChI is InChI=1S/C19H23N7O/c1-13(2)26-17(27)6-3-14-11-22-19(24-18(14)26)23-16-5-4-15(12-21-16)25-9-7-20-8-10-25/h3-6,11-13,20H,7-10H2,1-2H3,(H,21,22,23,24). The van der Waals surface area contributed by atoms with Crippen molar-refractivity contribution in [3.8, 4) is 0 Å². The fourth-order valence-corrected chi connectivity index (χ4v) is 3.28. The third-order valence-electron chi connectivity index (χ3n) is 4.65. The molecule has 0 radical (unpaired) electrons. The Kier molecular flexibility index (Phi) is 4.72. The fourth-order valence-electron chi connectivity index (χ4n) is 3.28. The van der Waals surface area contributed by atoms with E-state index in [1.165, 1.54) is 0 Å². The Bertz CT molecular complexity index is 991. The molecule has 0 amide bonds. The molecule has 8 heteroatoms. The third-order valence-corrected chi connectivity index (χ3v) is 4.65. The maximum Gasteiger partial charge on any atom is 0.252 e. The van der Waals surface area contributed by atoms with Gasteiger partial charge in [0.05, 0.1) is 11.9 Å². The molecule has 3 aromatic rings. The van der Waals surface area contributed by atoms with E-state index in [2.05, 4.69) is 30.5 Å². The molecule has 140 valence electrons. The normalized spacial score (nSPS) is 14.7. The van der Waals surface area contributed by atoms with Crippen molar-refractivity contribution >= 4 is 28.5 Å². The summed E-state index contributed by atoms with van der Waals surface area (Å²) >= 11 is 0. The largest absolute Gasteiger partial charge is 0.368 e. The van der Waals surface area contributed by atoms with Crippen molar-refractivity contribution < 1.29 is 0 Å². The van der Waals surface area contributed by atoms with Crippen molar-refractivity contribution in [1.29, 1.82) is 0 Å². The quantitative estimate of drug-likeness (QED) is 0.730. The highest BCUT2D eigenvalue weighted by Gasteiger charge is 2.12. The molecule has 1 saturated heterocycles. The Morgan fingerprint density at radius 1 is 1.07 bits per heavy atom. The molecule has 8 nitrogen and oxygen atoms in total. The van der Waals surface area contributed by atoms with Crippen molar-refractivity contribution in [3.05, 3.63) is 47.0 Å². The van der Waals surface area contributed by atoms with Crippen LogP contribution in [0.3, 0.4) is 0 Å². The molecule has 4 heterocycles. The van der Waals surface area contributed by atoms with Gasteiger partial charge >= 0.3 is 0 Å². The number of nitrogens with one attached hydrogen (secondary N) is 2. The van der Waals surface area contributed by atoms with Crippen molar-refractivity contribution in [2.24, 2.45) is 0 Å². The van der Waals surface area contributed by atoms with Crippen LogP contribution in [0.25, 0.3) is 11.0 Å². The van der Waals surface area contributed by atoms with Gasteiger partial charge in [0.2, 0.25) is 5.95 Å². The molecule has 0 saturated carbocycles. The van der Waals surface area contributed by atoms with Crippen LogP contribution in [0.5, 0.6) is 0 Å². The highest BCUT2D eigenvalue weighted by atomic mass is 16.1. The summed E-state index contributed by atoms with van der Waals surface area (Å²) in [7, 11) is 0. The first-order chi connectivity index (χ1) is 13.1. The summed E-state index contributed by atoms with van der Waals surface area (Å²) in [5, 5.41) is 7.31. The number of aromatic nitrogens is 4. The molecule has 0 spiro atoms. The lowest BCUT2D eigenvalue weighted by Gasteiger charge is -2.29. The van der Waals surface area contributed by atoms with Gasteiger partial charge in [0.1, 0.15) is 11.5 Å². The Hall–Kier alpha value is -3.00. The first kappa shape index (κ1) is 17.4. The molecule has 2 N–H and O–H groups in total. The lowest BCUT2D eigenvalue weighted by Crippen LogP contribution is -2.43. The Morgan fingerprint density at radius 2 is 1.89 bits per heavy atom. The molecule has 3 aromatic heterocycles. The molecule has 27 heavy (non-hydrogen) atoms. The van der Waals surface area contributed by atoms with Crippen LogP contribution in [0.15, 0.2) is 41.5 Å². The fraction of sp³-hybridized carbons (Fsp3) is 0.368. The number of fused-ring (bicyclic) bond motifs is 1.